The molecular formula is C20H28O4. The molecule has 0 aromatic carbocycles. The second kappa shape index (κ2) is 5.29. The van der Waals surface area contributed by atoms with Gasteiger partial charge in [-0.05, 0) is 43.6 Å². The maximum atomic E-state index is 12.4. The van der Waals surface area contributed by atoms with Crippen LogP contribution in [0, 0.1) is 28.1 Å². The number of hydrogen-bond donors (Lipinski definition) is 2. The van der Waals surface area contributed by atoms with Gasteiger partial charge in [0.25, 0.3) is 0 Å². The minimum atomic E-state index is -0.586. The van der Waals surface area contributed by atoms with Crippen molar-refractivity contribution >= 4 is 11.6 Å². The Morgan fingerprint density at radius 2 is 1.96 bits per heavy atom. The van der Waals surface area contributed by atoms with Crippen molar-refractivity contribution in [2.24, 2.45) is 28.1 Å². The first-order chi connectivity index (χ1) is 11.1. The molecule has 1 fully saturated rings. The molecular weight excluding hydrogens is 304 g/mol. The van der Waals surface area contributed by atoms with Gasteiger partial charge >= 0.3 is 0 Å². The molecule has 0 aromatic heterocycles. The molecule has 0 bridgehead atoms. The summed E-state index contributed by atoms with van der Waals surface area (Å²) in [6.07, 6.45) is 7.02. The number of carbonyl (C=O) groups excluding carboxylic acids is 2. The van der Waals surface area contributed by atoms with Gasteiger partial charge in [0, 0.05) is 16.2 Å². The zero-order valence-corrected chi connectivity index (χ0v) is 15.1. The average Bonchev–Trinajstić information content (AvgIpc) is 2.51. The Balaban J connectivity index is 2.01. The number of ketones is 2. The molecule has 0 radical (unpaired) electrons. The summed E-state index contributed by atoms with van der Waals surface area (Å²) < 4.78 is 0. The summed E-state index contributed by atoms with van der Waals surface area (Å²) in [5, 5.41) is 19.5. The van der Waals surface area contributed by atoms with E-state index in [9.17, 15) is 19.8 Å². The summed E-state index contributed by atoms with van der Waals surface area (Å²) in [6, 6.07) is 0. The van der Waals surface area contributed by atoms with E-state index >= 15 is 0 Å². The number of aliphatic hydroxyl groups excluding tert-OH is 2. The van der Waals surface area contributed by atoms with Gasteiger partial charge in [-0.3, -0.25) is 9.59 Å². The van der Waals surface area contributed by atoms with E-state index in [0.717, 1.165) is 19.3 Å². The number of rotatable bonds is 2. The summed E-state index contributed by atoms with van der Waals surface area (Å²) in [5.74, 6) is 0.0229. The van der Waals surface area contributed by atoms with Gasteiger partial charge in [-0.15, -0.1) is 0 Å². The predicted molar refractivity (Wildman–Crippen MR) is 91.3 cm³/mol. The standard InChI is InChI=1S/C20H28O4/c1-18(2)15-6-5-12-9-19(3,16(23)11-21)8-7-13(12)20(15,4)10-14(22)17(18)24/h5,10,13,15,21-22H,6-9,11H2,1-4H3/t13-,15-,19-,20+/m0/s1. The number of fused-ring (bicyclic) bond motifs is 3. The van der Waals surface area contributed by atoms with Crippen molar-refractivity contribution in [2.45, 2.75) is 53.4 Å². The molecule has 24 heavy (non-hydrogen) atoms. The number of allylic oxidation sites excluding steroid dienone is 4. The summed E-state index contributed by atoms with van der Waals surface area (Å²) in [5.41, 5.74) is -0.100. The van der Waals surface area contributed by atoms with E-state index in [1.165, 1.54) is 5.57 Å². The third-order valence-corrected chi connectivity index (χ3v) is 7.10. The lowest BCUT2D eigenvalue weighted by atomic mass is 9.47. The van der Waals surface area contributed by atoms with Crippen molar-refractivity contribution in [1.82, 2.24) is 0 Å². The minimum absolute atomic E-state index is 0.0910. The Morgan fingerprint density at radius 3 is 2.58 bits per heavy atom. The Morgan fingerprint density at radius 1 is 1.29 bits per heavy atom. The van der Waals surface area contributed by atoms with Crippen LogP contribution in [-0.2, 0) is 9.59 Å². The van der Waals surface area contributed by atoms with E-state index < -0.39 is 17.4 Å². The zero-order valence-electron chi connectivity index (χ0n) is 15.1. The number of Topliss-reactive ketones (excluding diaryl/α,β-unsaturated/α-hetero) is 2. The fourth-order valence-electron chi connectivity index (χ4n) is 5.55. The van der Waals surface area contributed by atoms with Gasteiger partial charge < -0.3 is 10.2 Å². The molecule has 4 nitrogen and oxygen atoms in total. The number of carbonyl (C=O) groups is 2. The van der Waals surface area contributed by atoms with Gasteiger partial charge in [-0.2, -0.15) is 0 Å². The fourth-order valence-corrected chi connectivity index (χ4v) is 5.55. The molecule has 0 spiro atoms. The van der Waals surface area contributed by atoms with Crippen LogP contribution in [0.2, 0.25) is 0 Å². The van der Waals surface area contributed by atoms with Crippen molar-refractivity contribution in [3.05, 3.63) is 23.5 Å². The molecule has 2 N–H and O–H groups in total. The Kier molecular flexibility index (Phi) is 3.83. The molecule has 0 aliphatic heterocycles. The monoisotopic (exact) mass is 332 g/mol. The maximum Gasteiger partial charge on any atom is 0.202 e. The van der Waals surface area contributed by atoms with Crippen molar-refractivity contribution in [3.63, 3.8) is 0 Å². The van der Waals surface area contributed by atoms with Gasteiger partial charge in [0.1, 0.15) is 6.61 Å². The molecule has 0 saturated heterocycles. The fraction of sp³-hybridized carbons (Fsp3) is 0.700. The number of aliphatic hydroxyl groups is 2. The van der Waals surface area contributed by atoms with Crippen LogP contribution < -0.4 is 0 Å². The highest BCUT2D eigenvalue weighted by molar-refractivity contribution is 5.98. The molecule has 0 amide bonds. The van der Waals surface area contributed by atoms with Gasteiger partial charge in [0.05, 0.1) is 0 Å². The maximum absolute atomic E-state index is 12.4. The third-order valence-electron chi connectivity index (χ3n) is 7.10. The molecule has 0 aromatic rings. The SMILES string of the molecule is CC1(C)C(=O)C(O)=C[C@]2(C)[C@H]3CC[C@](C)(C(=O)CO)CC3=CC[C@@H]12. The van der Waals surface area contributed by atoms with E-state index in [4.69, 9.17) is 0 Å². The zero-order chi connectivity index (χ0) is 17.9. The molecule has 4 atom stereocenters. The highest BCUT2D eigenvalue weighted by Gasteiger charge is 2.57. The first kappa shape index (κ1) is 17.4. The van der Waals surface area contributed by atoms with Crippen LogP contribution in [0.4, 0.5) is 0 Å². The van der Waals surface area contributed by atoms with Crippen LogP contribution in [0.1, 0.15) is 53.4 Å². The first-order valence-corrected chi connectivity index (χ1v) is 8.86. The van der Waals surface area contributed by atoms with E-state index in [0.29, 0.717) is 6.42 Å². The highest BCUT2D eigenvalue weighted by atomic mass is 16.3. The van der Waals surface area contributed by atoms with Crippen LogP contribution >= 0.6 is 0 Å². The molecule has 4 heteroatoms. The van der Waals surface area contributed by atoms with Gasteiger partial charge in [0.2, 0.25) is 5.78 Å². The molecule has 0 heterocycles. The minimum Gasteiger partial charge on any atom is -0.505 e. The lowest BCUT2D eigenvalue weighted by molar-refractivity contribution is -0.136. The van der Waals surface area contributed by atoms with Crippen LogP contribution in [0.15, 0.2) is 23.5 Å². The summed E-state index contributed by atoms with van der Waals surface area (Å²) in [7, 11) is 0. The summed E-state index contributed by atoms with van der Waals surface area (Å²) in [4.78, 5) is 24.6. The van der Waals surface area contributed by atoms with Crippen molar-refractivity contribution in [2.75, 3.05) is 6.61 Å². The Labute approximate surface area is 143 Å². The normalized spacial score (nSPS) is 41.0. The molecule has 132 valence electrons. The van der Waals surface area contributed by atoms with Crippen molar-refractivity contribution in [3.8, 4) is 0 Å². The van der Waals surface area contributed by atoms with Crippen LogP contribution in [0.3, 0.4) is 0 Å². The molecule has 0 unspecified atom stereocenters. The second-order valence-corrected chi connectivity index (χ2v) is 8.92. The number of hydrogen-bond acceptors (Lipinski definition) is 4. The predicted octanol–water partition coefficient (Wildman–Crippen LogP) is 3.36. The highest BCUT2D eigenvalue weighted by Crippen LogP contribution is 2.61. The topological polar surface area (TPSA) is 74.6 Å². The van der Waals surface area contributed by atoms with E-state index in [-0.39, 0.29) is 34.6 Å². The lowest BCUT2D eigenvalue weighted by Gasteiger charge is -2.56. The van der Waals surface area contributed by atoms with Crippen LogP contribution in [0.5, 0.6) is 0 Å². The smallest absolute Gasteiger partial charge is 0.202 e. The second-order valence-electron chi connectivity index (χ2n) is 8.92. The van der Waals surface area contributed by atoms with Gasteiger partial charge in [0.15, 0.2) is 11.5 Å². The van der Waals surface area contributed by atoms with E-state index in [1.807, 2.05) is 20.8 Å². The van der Waals surface area contributed by atoms with Crippen molar-refractivity contribution < 1.29 is 19.8 Å². The molecule has 1 saturated carbocycles. The van der Waals surface area contributed by atoms with Crippen LogP contribution in [-0.4, -0.2) is 28.4 Å². The van der Waals surface area contributed by atoms with Crippen LogP contribution in [0.25, 0.3) is 0 Å². The third kappa shape index (κ3) is 2.22. The first-order valence-electron chi connectivity index (χ1n) is 8.86. The molecule has 3 aliphatic rings. The Bertz CT molecular complexity index is 657. The quantitative estimate of drug-likeness (QED) is 0.760. The van der Waals surface area contributed by atoms with E-state index in [1.54, 1.807) is 6.08 Å². The molecule has 3 aliphatic carbocycles. The largest absolute Gasteiger partial charge is 0.505 e. The lowest BCUT2D eigenvalue weighted by Crippen LogP contribution is -2.53. The Hall–Kier alpha value is -1.42. The van der Waals surface area contributed by atoms with Crippen molar-refractivity contribution in [1.29, 1.82) is 0 Å². The summed E-state index contributed by atoms with van der Waals surface area (Å²) in [6.45, 7) is 7.55. The van der Waals surface area contributed by atoms with E-state index in [2.05, 4.69) is 13.0 Å². The van der Waals surface area contributed by atoms with Gasteiger partial charge in [-0.25, -0.2) is 0 Å². The molecule has 3 rings (SSSR count). The average molecular weight is 332 g/mol. The summed E-state index contributed by atoms with van der Waals surface area (Å²) >= 11 is 0. The van der Waals surface area contributed by atoms with Gasteiger partial charge in [-0.1, -0.05) is 39.3 Å².